The molecule has 190 valence electrons. The molecule has 0 saturated heterocycles. The number of carbonyl (C=O) groups is 1. The Bertz CT molecular complexity index is 1270. The van der Waals surface area contributed by atoms with Crippen molar-refractivity contribution in [3.8, 4) is 11.1 Å². The highest BCUT2D eigenvalue weighted by atomic mass is 32.2. The lowest BCUT2D eigenvalue weighted by Gasteiger charge is -2.15. The lowest BCUT2D eigenvalue weighted by Crippen LogP contribution is -2.19. The summed E-state index contributed by atoms with van der Waals surface area (Å²) in [6, 6.07) is 14.4. The van der Waals surface area contributed by atoms with Crippen molar-refractivity contribution in [1.82, 2.24) is 4.57 Å². The summed E-state index contributed by atoms with van der Waals surface area (Å²) in [7, 11) is -3.67. The first-order chi connectivity index (χ1) is 16.3. The molecule has 1 heterocycles. The van der Waals surface area contributed by atoms with Crippen LogP contribution in [0.2, 0.25) is 0 Å². The van der Waals surface area contributed by atoms with Crippen LogP contribution in [0.5, 0.6) is 0 Å². The number of aliphatic hydroxyl groups is 2. The third-order valence-electron chi connectivity index (χ3n) is 5.00. The van der Waals surface area contributed by atoms with Crippen LogP contribution in [0.1, 0.15) is 38.4 Å². The predicted octanol–water partition coefficient (Wildman–Crippen LogP) is 4.13. The van der Waals surface area contributed by atoms with Gasteiger partial charge in [0.25, 0.3) is 10.1 Å². The number of rotatable bonds is 8. The molecule has 0 aliphatic carbocycles. The number of para-hydroxylation sites is 1. The van der Waals surface area contributed by atoms with E-state index < -0.39 is 34.7 Å². The number of nitrogens with zero attached hydrogens (tertiary/aromatic N) is 1. The van der Waals surface area contributed by atoms with Crippen molar-refractivity contribution in [1.29, 1.82) is 0 Å². The van der Waals surface area contributed by atoms with Crippen LogP contribution in [0, 0.1) is 5.82 Å². The molecule has 8 nitrogen and oxygen atoms in total. The number of carboxylic acids is 1. The van der Waals surface area contributed by atoms with E-state index >= 15 is 0 Å². The van der Waals surface area contributed by atoms with Crippen molar-refractivity contribution in [3.63, 3.8) is 0 Å². The Hall–Kier alpha value is -3.05. The summed E-state index contributed by atoms with van der Waals surface area (Å²) in [5.41, 5.74) is 3.65. The lowest BCUT2D eigenvalue weighted by molar-refractivity contribution is -0.139. The summed E-state index contributed by atoms with van der Waals surface area (Å²) in [5, 5.41) is 29.9. The molecule has 0 fully saturated rings. The van der Waals surface area contributed by atoms with Gasteiger partial charge in [0.05, 0.1) is 24.9 Å². The number of aliphatic hydroxyl groups excluding tert-OH is 2. The van der Waals surface area contributed by atoms with Crippen molar-refractivity contribution in [3.05, 3.63) is 66.1 Å². The van der Waals surface area contributed by atoms with Gasteiger partial charge in [-0.3, -0.25) is 9.35 Å². The van der Waals surface area contributed by atoms with Gasteiger partial charge in [0.2, 0.25) is 0 Å². The molecule has 0 saturated carbocycles. The molecule has 35 heavy (non-hydrogen) atoms. The smallest absolute Gasteiger partial charge is 0.305 e. The highest BCUT2D eigenvalue weighted by Gasteiger charge is 2.19. The summed E-state index contributed by atoms with van der Waals surface area (Å²) < 4.78 is 41.5. The zero-order chi connectivity index (χ0) is 26.3. The molecule has 0 amide bonds. The molecule has 2 aromatic carbocycles. The molecule has 10 heteroatoms. The molecule has 0 spiro atoms. The summed E-state index contributed by atoms with van der Waals surface area (Å²) >= 11 is 0. The fraction of sp³-hybridized carbons (Fsp3) is 0.320. The van der Waals surface area contributed by atoms with E-state index in [1.54, 1.807) is 24.3 Å². The Balaban J connectivity index is 0.000000784. The average molecular weight is 508 g/mol. The van der Waals surface area contributed by atoms with Crippen LogP contribution >= 0.6 is 0 Å². The van der Waals surface area contributed by atoms with Gasteiger partial charge in [0.1, 0.15) is 5.82 Å². The molecule has 1 aromatic heterocycles. The van der Waals surface area contributed by atoms with Gasteiger partial charge in [-0.1, -0.05) is 36.4 Å². The van der Waals surface area contributed by atoms with E-state index in [1.807, 2.05) is 24.3 Å². The summed E-state index contributed by atoms with van der Waals surface area (Å²) in [4.78, 5) is 10.7. The second kappa shape index (κ2) is 12.1. The monoisotopic (exact) mass is 507 g/mol. The average Bonchev–Trinajstić information content (AvgIpc) is 3.05. The fourth-order valence-corrected chi connectivity index (χ4v) is 3.77. The summed E-state index contributed by atoms with van der Waals surface area (Å²) in [6.45, 7) is 4.12. The first kappa shape index (κ1) is 28.2. The minimum absolute atomic E-state index is 0.0728. The number of aliphatic carboxylic acids is 1. The normalized spacial score (nSPS) is 13.6. The molecule has 4 N–H and O–H groups in total. The van der Waals surface area contributed by atoms with Crippen molar-refractivity contribution in [2.75, 3.05) is 6.26 Å². The van der Waals surface area contributed by atoms with Crippen molar-refractivity contribution in [2.24, 2.45) is 0 Å². The summed E-state index contributed by atoms with van der Waals surface area (Å²) in [5.74, 6) is -1.43. The molecule has 0 aliphatic heterocycles. The second-order valence-electron chi connectivity index (χ2n) is 8.39. The highest BCUT2D eigenvalue weighted by molar-refractivity contribution is 7.85. The fourth-order valence-electron chi connectivity index (χ4n) is 3.77. The highest BCUT2D eigenvalue weighted by Crippen LogP contribution is 2.38. The van der Waals surface area contributed by atoms with Crippen molar-refractivity contribution in [2.45, 2.75) is 44.9 Å². The van der Waals surface area contributed by atoms with Gasteiger partial charge >= 0.3 is 5.97 Å². The largest absolute Gasteiger partial charge is 0.481 e. The van der Waals surface area contributed by atoms with Crippen LogP contribution in [0.4, 0.5) is 4.39 Å². The number of carboxylic acid groups (broad SMARTS) is 1. The van der Waals surface area contributed by atoms with Crippen molar-refractivity contribution < 1.29 is 37.5 Å². The quantitative estimate of drug-likeness (QED) is 0.336. The first-order valence-corrected chi connectivity index (χ1v) is 12.7. The number of hydrogen-bond acceptors (Lipinski definition) is 5. The van der Waals surface area contributed by atoms with Gasteiger partial charge in [-0.25, -0.2) is 4.39 Å². The number of fused-ring (bicyclic) bond motifs is 1. The molecule has 0 aliphatic rings. The van der Waals surface area contributed by atoms with E-state index in [1.165, 1.54) is 12.1 Å². The molecule has 0 bridgehead atoms. The molecule has 2 atom stereocenters. The molecule has 0 radical (unpaired) electrons. The first-order valence-electron chi connectivity index (χ1n) is 10.8. The van der Waals surface area contributed by atoms with Crippen LogP contribution in [0.15, 0.2) is 54.6 Å². The Kier molecular flexibility index (Phi) is 9.73. The lowest BCUT2D eigenvalue weighted by atomic mass is 10.0. The number of benzene rings is 2. The van der Waals surface area contributed by atoms with Crippen LogP contribution < -0.4 is 0 Å². The Morgan fingerprint density at radius 1 is 1.09 bits per heavy atom. The van der Waals surface area contributed by atoms with E-state index in [0.29, 0.717) is 6.26 Å². The van der Waals surface area contributed by atoms with Crippen molar-refractivity contribution >= 4 is 33.1 Å². The maximum atomic E-state index is 13.5. The number of halogens is 1. The molecule has 0 unspecified atom stereocenters. The third kappa shape index (κ3) is 8.59. The zero-order valence-corrected chi connectivity index (χ0v) is 20.5. The van der Waals surface area contributed by atoms with E-state index in [0.717, 1.165) is 27.7 Å². The summed E-state index contributed by atoms with van der Waals surface area (Å²) in [6.07, 6.45) is 1.44. The van der Waals surface area contributed by atoms with Gasteiger partial charge in [-0.2, -0.15) is 8.42 Å². The Morgan fingerprint density at radius 2 is 1.66 bits per heavy atom. The van der Waals surface area contributed by atoms with E-state index in [9.17, 15) is 27.8 Å². The van der Waals surface area contributed by atoms with Crippen LogP contribution in [-0.2, 0) is 14.9 Å². The van der Waals surface area contributed by atoms with Crippen LogP contribution in [0.25, 0.3) is 28.1 Å². The number of hydrogen-bond donors (Lipinski definition) is 4. The minimum atomic E-state index is -3.67. The SMILES string of the molecule is CC(C)n1c(/C=C/[C@@H](O)C[C@@H](O)CC(=O)O)c(-c2ccc(F)cc2)c2ccccc21.CS(=O)(=O)O. The van der Waals surface area contributed by atoms with E-state index in [4.69, 9.17) is 9.66 Å². The molecule has 3 rings (SSSR count). The van der Waals surface area contributed by atoms with E-state index in [-0.39, 0.29) is 18.3 Å². The van der Waals surface area contributed by atoms with Crippen LogP contribution in [-0.4, -0.2) is 57.3 Å². The minimum Gasteiger partial charge on any atom is -0.481 e. The van der Waals surface area contributed by atoms with Crippen LogP contribution in [0.3, 0.4) is 0 Å². The molecular weight excluding hydrogens is 477 g/mol. The second-order valence-corrected chi connectivity index (χ2v) is 9.86. The van der Waals surface area contributed by atoms with E-state index in [2.05, 4.69) is 18.4 Å². The molecule has 3 aromatic rings. The standard InChI is InChI=1S/C24H26FNO4.CH4O3S/c1-15(2)26-21-6-4-3-5-20(21)24(16-7-9-17(25)10-8-16)22(26)12-11-18(27)13-19(28)14-23(29)30;1-5(2,3)4/h3-12,15,18-19,27-28H,13-14H2,1-2H3,(H,29,30);1H3,(H,2,3,4)/b12-11+;/t18-,19-;/m1./s1. The number of aromatic nitrogens is 1. The molecular formula is C25H30FNO7S. The van der Waals surface area contributed by atoms with Gasteiger partial charge in [0.15, 0.2) is 0 Å². The topological polar surface area (TPSA) is 137 Å². The van der Waals surface area contributed by atoms with Gasteiger partial charge in [-0.05, 0) is 43.7 Å². The van der Waals surface area contributed by atoms with Gasteiger partial charge in [0, 0.05) is 34.6 Å². The zero-order valence-electron chi connectivity index (χ0n) is 19.7. The third-order valence-corrected chi connectivity index (χ3v) is 5.00. The van der Waals surface area contributed by atoms with Gasteiger partial charge < -0.3 is 19.9 Å². The predicted molar refractivity (Wildman–Crippen MR) is 133 cm³/mol. The Labute approximate surface area is 203 Å². The maximum absolute atomic E-state index is 13.5. The Morgan fingerprint density at radius 3 is 2.20 bits per heavy atom. The maximum Gasteiger partial charge on any atom is 0.305 e. The van der Waals surface area contributed by atoms with Gasteiger partial charge in [-0.15, -0.1) is 0 Å².